The van der Waals surface area contributed by atoms with Crippen LogP contribution < -0.4 is 10.0 Å². The van der Waals surface area contributed by atoms with Gasteiger partial charge in [-0.2, -0.15) is 8.75 Å². The van der Waals surface area contributed by atoms with Crippen molar-refractivity contribution in [2.45, 2.75) is 30.3 Å². The first-order valence-electron chi connectivity index (χ1n) is 9.35. The van der Waals surface area contributed by atoms with Crippen LogP contribution in [0.2, 0.25) is 0 Å². The topological polar surface area (TPSA) is 138 Å². The molecule has 5 rings (SSSR count). The molecule has 2 aliphatic heterocycles. The summed E-state index contributed by atoms with van der Waals surface area (Å²) in [7, 11) is -3.94. The van der Waals surface area contributed by atoms with Crippen LogP contribution in [0, 0.1) is 0 Å². The average Bonchev–Trinajstić information content (AvgIpc) is 3.32. The molecule has 3 heterocycles. The van der Waals surface area contributed by atoms with Gasteiger partial charge in [0, 0.05) is 24.2 Å². The molecular weight excluding hydrogens is 442 g/mol. The van der Waals surface area contributed by atoms with E-state index in [4.69, 9.17) is 0 Å². The number of piperidine rings is 1. The SMILES string of the molecule is O=C1CCC(N2Cc3cc(NS(=O)(=O)c4cccc5nsnc45)ccc3C2=O)C(=O)N1. The molecule has 1 fully saturated rings. The molecule has 1 saturated heterocycles. The highest BCUT2D eigenvalue weighted by atomic mass is 32.2. The number of nitrogens with one attached hydrogen (secondary N) is 2. The van der Waals surface area contributed by atoms with E-state index in [1.165, 1.54) is 23.1 Å². The Morgan fingerprint density at radius 1 is 1.13 bits per heavy atom. The van der Waals surface area contributed by atoms with Crippen LogP contribution in [0.15, 0.2) is 41.3 Å². The van der Waals surface area contributed by atoms with Crippen LogP contribution >= 0.6 is 11.7 Å². The van der Waals surface area contributed by atoms with Crippen LogP contribution in [-0.4, -0.2) is 45.8 Å². The van der Waals surface area contributed by atoms with Gasteiger partial charge in [0.1, 0.15) is 22.0 Å². The highest BCUT2D eigenvalue weighted by molar-refractivity contribution is 7.93. The van der Waals surface area contributed by atoms with Gasteiger partial charge in [-0.3, -0.25) is 24.4 Å². The standard InChI is InChI=1S/C19H15N5O5S2/c25-16-7-6-14(18(26)20-16)24-9-10-8-11(4-5-12(10)19(24)27)23-31(28,29)15-3-1-2-13-17(15)22-30-21-13/h1-5,8,14,23H,6-7,9H2,(H,20,25,26). The Morgan fingerprint density at radius 2 is 1.97 bits per heavy atom. The predicted octanol–water partition coefficient (Wildman–Crippen LogP) is 1.25. The number of anilines is 1. The largest absolute Gasteiger partial charge is 0.322 e. The molecule has 3 amide bonds. The maximum atomic E-state index is 12.9. The molecule has 3 aromatic rings. The summed E-state index contributed by atoms with van der Waals surface area (Å²) in [6.07, 6.45) is 0.425. The second-order valence-electron chi connectivity index (χ2n) is 7.27. The van der Waals surface area contributed by atoms with Crippen LogP contribution in [0.1, 0.15) is 28.8 Å². The number of carbonyl (C=O) groups is 3. The van der Waals surface area contributed by atoms with Gasteiger partial charge in [-0.15, -0.1) is 0 Å². The molecule has 1 aromatic heterocycles. The van der Waals surface area contributed by atoms with Gasteiger partial charge >= 0.3 is 0 Å². The summed E-state index contributed by atoms with van der Waals surface area (Å²) < 4.78 is 36.5. The summed E-state index contributed by atoms with van der Waals surface area (Å²) in [4.78, 5) is 37.7. The average molecular weight is 457 g/mol. The molecule has 2 aliphatic rings. The maximum Gasteiger partial charge on any atom is 0.264 e. The lowest BCUT2D eigenvalue weighted by Gasteiger charge is -2.29. The Labute approximate surface area is 180 Å². The minimum Gasteiger partial charge on any atom is -0.322 e. The van der Waals surface area contributed by atoms with Gasteiger partial charge in [-0.25, -0.2) is 8.42 Å². The summed E-state index contributed by atoms with van der Waals surface area (Å²) in [5.74, 6) is -1.17. The van der Waals surface area contributed by atoms with E-state index in [9.17, 15) is 22.8 Å². The molecule has 0 radical (unpaired) electrons. The van der Waals surface area contributed by atoms with E-state index in [1.54, 1.807) is 18.2 Å². The molecule has 31 heavy (non-hydrogen) atoms. The maximum absolute atomic E-state index is 12.9. The fourth-order valence-corrected chi connectivity index (χ4v) is 5.66. The molecule has 0 bridgehead atoms. The number of amides is 3. The van der Waals surface area contributed by atoms with Crippen LogP contribution in [0.5, 0.6) is 0 Å². The van der Waals surface area contributed by atoms with E-state index in [0.717, 1.165) is 11.7 Å². The van der Waals surface area contributed by atoms with Gasteiger partial charge in [0.05, 0.1) is 11.7 Å². The van der Waals surface area contributed by atoms with Crippen molar-refractivity contribution < 1.29 is 22.8 Å². The van der Waals surface area contributed by atoms with Crippen molar-refractivity contribution in [1.29, 1.82) is 0 Å². The molecule has 2 aromatic carbocycles. The highest BCUT2D eigenvalue weighted by Gasteiger charge is 2.39. The number of nitrogens with zero attached hydrogens (tertiary/aromatic N) is 3. The van der Waals surface area contributed by atoms with Gasteiger partial charge in [-0.1, -0.05) is 6.07 Å². The first-order chi connectivity index (χ1) is 14.8. The lowest BCUT2D eigenvalue weighted by atomic mass is 10.0. The number of hydrogen-bond acceptors (Lipinski definition) is 8. The molecular formula is C19H15N5O5S2. The minimum atomic E-state index is -3.94. The summed E-state index contributed by atoms with van der Waals surface area (Å²) >= 11 is 0.931. The Kier molecular flexibility index (Phi) is 4.48. The van der Waals surface area contributed by atoms with Crippen molar-refractivity contribution in [3.63, 3.8) is 0 Å². The van der Waals surface area contributed by atoms with E-state index in [-0.39, 0.29) is 41.8 Å². The van der Waals surface area contributed by atoms with Gasteiger partial charge in [0.25, 0.3) is 15.9 Å². The second-order valence-corrected chi connectivity index (χ2v) is 9.44. The van der Waals surface area contributed by atoms with Crippen molar-refractivity contribution in [2.24, 2.45) is 0 Å². The van der Waals surface area contributed by atoms with E-state index >= 15 is 0 Å². The zero-order valence-corrected chi connectivity index (χ0v) is 17.5. The Balaban J connectivity index is 1.41. The summed E-state index contributed by atoms with van der Waals surface area (Å²) in [6, 6.07) is 8.62. The van der Waals surface area contributed by atoms with E-state index in [0.29, 0.717) is 22.2 Å². The summed E-state index contributed by atoms with van der Waals surface area (Å²) in [5.41, 5.74) is 2.08. The lowest BCUT2D eigenvalue weighted by Crippen LogP contribution is -2.52. The first-order valence-corrected chi connectivity index (χ1v) is 11.6. The molecule has 1 atom stereocenters. The zero-order valence-electron chi connectivity index (χ0n) is 15.9. The molecule has 2 N–H and O–H groups in total. The number of aromatic nitrogens is 2. The van der Waals surface area contributed by atoms with Crippen LogP contribution in [0.4, 0.5) is 5.69 Å². The number of rotatable bonds is 4. The predicted molar refractivity (Wildman–Crippen MR) is 111 cm³/mol. The van der Waals surface area contributed by atoms with Crippen molar-refractivity contribution in [1.82, 2.24) is 19.0 Å². The molecule has 0 spiro atoms. The number of hydrogen-bond donors (Lipinski definition) is 2. The molecule has 10 nitrogen and oxygen atoms in total. The molecule has 0 saturated carbocycles. The number of carbonyl (C=O) groups excluding carboxylic acids is 3. The van der Waals surface area contributed by atoms with Crippen LogP contribution in [0.3, 0.4) is 0 Å². The Hall–Kier alpha value is -3.38. The number of imide groups is 1. The minimum absolute atomic E-state index is 0.0143. The fourth-order valence-electron chi connectivity index (χ4n) is 3.85. The molecule has 0 aliphatic carbocycles. The van der Waals surface area contributed by atoms with Crippen molar-refractivity contribution in [2.75, 3.05) is 4.72 Å². The number of sulfonamides is 1. The third kappa shape index (κ3) is 3.33. The Morgan fingerprint density at radius 3 is 2.77 bits per heavy atom. The molecule has 1 unspecified atom stereocenters. The van der Waals surface area contributed by atoms with Gasteiger partial charge in [0.15, 0.2) is 0 Å². The third-order valence-electron chi connectivity index (χ3n) is 5.31. The van der Waals surface area contributed by atoms with Crippen molar-refractivity contribution in [3.05, 3.63) is 47.5 Å². The van der Waals surface area contributed by atoms with Crippen LogP contribution in [-0.2, 0) is 26.2 Å². The zero-order chi connectivity index (χ0) is 21.8. The van der Waals surface area contributed by atoms with Crippen LogP contribution in [0.25, 0.3) is 11.0 Å². The highest BCUT2D eigenvalue weighted by Crippen LogP contribution is 2.31. The van der Waals surface area contributed by atoms with E-state index < -0.39 is 22.0 Å². The quantitative estimate of drug-likeness (QED) is 0.562. The number of benzene rings is 2. The Bertz CT molecular complexity index is 1370. The molecule has 158 valence electrons. The second kappa shape index (κ2) is 7.10. The monoisotopic (exact) mass is 457 g/mol. The van der Waals surface area contributed by atoms with Crippen molar-refractivity contribution in [3.8, 4) is 0 Å². The smallest absolute Gasteiger partial charge is 0.264 e. The van der Waals surface area contributed by atoms with Gasteiger partial charge < -0.3 is 4.90 Å². The summed E-state index contributed by atoms with van der Waals surface area (Å²) in [6.45, 7) is 0.154. The van der Waals surface area contributed by atoms with Gasteiger partial charge in [-0.05, 0) is 42.3 Å². The van der Waals surface area contributed by atoms with E-state index in [2.05, 4.69) is 18.8 Å². The normalized spacial score (nSPS) is 18.9. The van der Waals surface area contributed by atoms with E-state index in [1.807, 2.05) is 0 Å². The summed E-state index contributed by atoms with van der Waals surface area (Å²) in [5, 5.41) is 2.25. The van der Waals surface area contributed by atoms with Gasteiger partial charge in [0.2, 0.25) is 11.8 Å². The van der Waals surface area contributed by atoms with Crippen molar-refractivity contribution >= 4 is 56.2 Å². The first kappa shape index (κ1) is 19.6. The number of fused-ring (bicyclic) bond motifs is 2. The third-order valence-corrected chi connectivity index (χ3v) is 7.27. The molecule has 12 heteroatoms. The lowest BCUT2D eigenvalue weighted by molar-refractivity contribution is -0.136. The fraction of sp³-hybridized carbons (Fsp3) is 0.211.